The summed E-state index contributed by atoms with van der Waals surface area (Å²) in [5, 5.41) is 11.1. The van der Waals surface area contributed by atoms with Gasteiger partial charge in [0.25, 0.3) is 0 Å². The molecule has 1 atom stereocenters. The average Bonchev–Trinajstić information content (AvgIpc) is 2.46. The van der Waals surface area contributed by atoms with Crippen LogP contribution >= 0.6 is 0 Å². The molecule has 0 bridgehead atoms. The van der Waals surface area contributed by atoms with E-state index in [9.17, 15) is 13.2 Å². The molecule has 1 aromatic rings. The summed E-state index contributed by atoms with van der Waals surface area (Å²) in [6.45, 7) is 5.38. The summed E-state index contributed by atoms with van der Waals surface area (Å²) in [6.07, 6.45) is 2.14. The maximum absolute atomic E-state index is 11.6. The van der Waals surface area contributed by atoms with Crippen molar-refractivity contribution in [2.24, 2.45) is 5.14 Å². The quantitative estimate of drug-likeness (QED) is 0.623. The van der Waals surface area contributed by atoms with Crippen LogP contribution in [0.3, 0.4) is 0 Å². The van der Waals surface area contributed by atoms with Gasteiger partial charge in [-0.15, -0.1) is 0 Å². The van der Waals surface area contributed by atoms with Gasteiger partial charge in [-0.25, -0.2) is 13.6 Å². The molecule has 1 amide bonds. The SMILES string of the molecule is CCC(C)NCCC(=O)NCCc1ccc(S(N)(=O)=O)cc1. The van der Waals surface area contributed by atoms with Gasteiger partial charge in [0.2, 0.25) is 15.9 Å². The minimum atomic E-state index is -3.65. The summed E-state index contributed by atoms with van der Waals surface area (Å²) in [6, 6.07) is 6.78. The van der Waals surface area contributed by atoms with E-state index in [1.54, 1.807) is 12.1 Å². The van der Waals surface area contributed by atoms with Crippen LogP contribution in [0.5, 0.6) is 0 Å². The van der Waals surface area contributed by atoms with Crippen LogP contribution in [0.1, 0.15) is 32.3 Å². The topological polar surface area (TPSA) is 101 Å². The highest BCUT2D eigenvalue weighted by Gasteiger charge is 2.07. The van der Waals surface area contributed by atoms with Crippen molar-refractivity contribution < 1.29 is 13.2 Å². The van der Waals surface area contributed by atoms with Gasteiger partial charge in [0.05, 0.1) is 4.90 Å². The number of nitrogens with two attached hydrogens (primary N) is 1. The monoisotopic (exact) mass is 327 g/mol. The van der Waals surface area contributed by atoms with Crippen molar-refractivity contribution >= 4 is 15.9 Å². The van der Waals surface area contributed by atoms with E-state index in [4.69, 9.17) is 5.14 Å². The van der Waals surface area contributed by atoms with Gasteiger partial charge < -0.3 is 10.6 Å². The van der Waals surface area contributed by atoms with E-state index in [1.165, 1.54) is 12.1 Å². The minimum absolute atomic E-state index is 0.0111. The second-order valence-corrected chi connectivity index (χ2v) is 6.86. The molecule has 0 saturated carbocycles. The van der Waals surface area contributed by atoms with Crippen molar-refractivity contribution in [3.8, 4) is 0 Å². The predicted octanol–water partition coefficient (Wildman–Crippen LogP) is 0.771. The number of amides is 1. The molecule has 4 N–H and O–H groups in total. The number of primary sulfonamides is 1. The lowest BCUT2D eigenvalue weighted by molar-refractivity contribution is -0.120. The number of nitrogens with one attached hydrogen (secondary N) is 2. The minimum Gasteiger partial charge on any atom is -0.356 e. The fourth-order valence-corrected chi connectivity index (χ4v) is 2.37. The molecule has 1 rings (SSSR count). The van der Waals surface area contributed by atoms with Gasteiger partial charge in [-0.1, -0.05) is 19.1 Å². The van der Waals surface area contributed by atoms with Gasteiger partial charge in [-0.2, -0.15) is 0 Å². The van der Waals surface area contributed by atoms with E-state index in [1.807, 2.05) is 0 Å². The van der Waals surface area contributed by atoms with Crippen molar-refractivity contribution in [1.29, 1.82) is 0 Å². The van der Waals surface area contributed by atoms with Crippen LogP contribution in [0, 0.1) is 0 Å². The molecule has 0 aromatic heterocycles. The van der Waals surface area contributed by atoms with E-state index in [0.29, 0.717) is 32.0 Å². The second-order valence-electron chi connectivity index (χ2n) is 5.30. The molecule has 0 aliphatic heterocycles. The lowest BCUT2D eigenvalue weighted by atomic mass is 10.1. The third-order valence-electron chi connectivity index (χ3n) is 3.44. The summed E-state index contributed by atoms with van der Waals surface area (Å²) in [4.78, 5) is 11.7. The lowest BCUT2D eigenvalue weighted by Gasteiger charge is -2.11. The number of benzene rings is 1. The molecule has 7 heteroatoms. The molecule has 1 unspecified atom stereocenters. The number of hydrogen-bond acceptors (Lipinski definition) is 4. The Morgan fingerprint density at radius 3 is 2.41 bits per heavy atom. The second kappa shape index (κ2) is 8.87. The maximum atomic E-state index is 11.6. The molecule has 0 spiro atoms. The zero-order valence-electron chi connectivity index (χ0n) is 13.1. The Balaban J connectivity index is 2.28. The standard InChI is InChI=1S/C15H25N3O3S/c1-3-12(2)17-11-9-15(19)18-10-8-13-4-6-14(7-5-13)22(16,20)21/h4-7,12,17H,3,8-11H2,1-2H3,(H,18,19)(H2,16,20,21). The van der Waals surface area contributed by atoms with Crippen molar-refractivity contribution in [3.05, 3.63) is 29.8 Å². The molecule has 124 valence electrons. The molecule has 0 radical (unpaired) electrons. The first kappa shape index (κ1) is 18.6. The molecule has 0 fully saturated rings. The van der Waals surface area contributed by atoms with E-state index >= 15 is 0 Å². The fourth-order valence-electron chi connectivity index (χ4n) is 1.86. The molecule has 22 heavy (non-hydrogen) atoms. The van der Waals surface area contributed by atoms with Crippen molar-refractivity contribution in [2.45, 2.75) is 44.0 Å². The third-order valence-corrected chi connectivity index (χ3v) is 4.37. The van der Waals surface area contributed by atoms with Gasteiger partial charge >= 0.3 is 0 Å². The van der Waals surface area contributed by atoms with E-state index in [0.717, 1.165) is 12.0 Å². The largest absolute Gasteiger partial charge is 0.356 e. The van der Waals surface area contributed by atoms with Crippen LogP contribution in [0.15, 0.2) is 29.2 Å². The third kappa shape index (κ3) is 7.02. The molecule has 0 aliphatic carbocycles. The van der Waals surface area contributed by atoms with Crippen LogP contribution in [0.4, 0.5) is 0 Å². The number of carbonyl (C=O) groups is 1. The zero-order chi connectivity index (χ0) is 16.6. The normalized spacial score (nSPS) is 12.9. The van der Waals surface area contributed by atoms with Crippen molar-refractivity contribution in [2.75, 3.05) is 13.1 Å². The summed E-state index contributed by atoms with van der Waals surface area (Å²) < 4.78 is 22.3. The van der Waals surface area contributed by atoms with Crippen LogP contribution < -0.4 is 15.8 Å². The maximum Gasteiger partial charge on any atom is 0.238 e. The molecular weight excluding hydrogens is 302 g/mol. The molecule has 0 saturated heterocycles. The van der Waals surface area contributed by atoms with Gasteiger partial charge in [-0.3, -0.25) is 4.79 Å². The molecule has 6 nitrogen and oxygen atoms in total. The Hall–Kier alpha value is -1.44. The Morgan fingerprint density at radius 1 is 1.23 bits per heavy atom. The number of carbonyl (C=O) groups excluding carboxylic acids is 1. The molecule has 1 aromatic carbocycles. The van der Waals surface area contributed by atoms with Gasteiger partial charge in [0.15, 0.2) is 0 Å². The number of sulfonamides is 1. The summed E-state index contributed by atoms with van der Waals surface area (Å²) in [5.74, 6) is 0.0111. The highest BCUT2D eigenvalue weighted by atomic mass is 32.2. The van der Waals surface area contributed by atoms with E-state index < -0.39 is 10.0 Å². The van der Waals surface area contributed by atoms with Gasteiger partial charge in [0.1, 0.15) is 0 Å². The highest BCUT2D eigenvalue weighted by Crippen LogP contribution is 2.08. The molecular formula is C15H25N3O3S. The van der Waals surface area contributed by atoms with E-state index in [2.05, 4.69) is 24.5 Å². The van der Waals surface area contributed by atoms with Gasteiger partial charge in [-0.05, 0) is 37.5 Å². The number of rotatable bonds is 9. The average molecular weight is 327 g/mol. The fraction of sp³-hybridized carbons (Fsp3) is 0.533. The first-order valence-corrected chi connectivity index (χ1v) is 8.99. The lowest BCUT2D eigenvalue weighted by Crippen LogP contribution is -2.32. The van der Waals surface area contributed by atoms with Crippen molar-refractivity contribution in [1.82, 2.24) is 10.6 Å². The first-order valence-electron chi connectivity index (χ1n) is 7.44. The number of hydrogen-bond donors (Lipinski definition) is 3. The zero-order valence-corrected chi connectivity index (χ0v) is 13.9. The van der Waals surface area contributed by atoms with Crippen LogP contribution in [-0.4, -0.2) is 33.5 Å². The van der Waals surface area contributed by atoms with Crippen LogP contribution in [0.25, 0.3) is 0 Å². The predicted molar refractivity (Wildman–Crippen MR) is 86.9 cm³/mol. The van der Waals surface area contributed by atoms with Crippen molar-refractivity contribution in [3.63, 3.8) is 0 Å². The summed E-state index contributed by atoms with van der Waals surface area (Å²) >= 11 is 0. The Bertz CT molecular complexity index is 570. The van der Waals surface area contributed by atoms with E-state index in [-0.39, 0.29) is 10.8 Å². The highest BCUT2D eigenvalue weighted by molar-refractivity contribution is 7.89. The first-order chi connectivity index (χ1) is 10.3. The van der Waals surface area contributed by atoms with Crippen LogP contribution in [0.2, 0.25) is 0 Å². The summed E-state index contributed by atoms with van der Waals surface area (Å²) in [5.41, 5.74) is 0.949. The van der Waals surface area contributed by atoms with Gasteiger partial charge in [0, 0.05) is 25.6 Å². The van der Waals surface area contributed by atoms with Crippen LogP contribution in [-0.2, 0) is 21.2 Å². The molecule has 0 aliphatic rings. The Kier molecular flexibility index (Phi) is 7.50. The Morgan fingerprint density at radius 2 is 1.86 bits per heavy atom. The molecule has 0 heterocycles. The summed E-state index contributed by atoms with van der Waals surface area (Å²) in [7, 11) is -3.65. The smallest absolute Gasteiger partial charge is 0.238 e. The Labute approximate surface area is 132 Å².